The van der Waals surface area contributed by atoms with Crippen molar-refractivity contribution in [3.8, 4) is 5.75 Å². The Kier molecular flexibility index (Phi) is 4.16. The van der Waals surface area contributed by atoms with E-state index < -0.39 is 0 Å². The first-order chi connectivity index (χ1) is 12.7. The fraction of sp³-hybridized carbons (Fsp3) is 0.333. The molecule has 0 saturated heterocycles. The van der Waals surface area contributed by atoms with Crippen molar-refractivity contribution < 1.29 is 9.53 Å². The van der Waals surface area contributed by atoms with Crippen LogP contribution in [0.1, 0.15) is 24.1 Å². The summed E-state index contributed by atoms with van der Waals surface area (Å²) in [6, 6.07) is 6.99. The van der Waals surface area contributed by atoms with E-state index in [1.54, 1.807) is 31.4 Å². The smallest absolute Gasteiger partial charge is 0.293 e. The maximum absolute atomic E-state index is 12.8. The van der Waals surface area contributed by atoms with Gasteiger partial charge in [-0.3, -0.25) is 9.59 Å². The van der Waals surface area contributed by atoms with Crippen LogP contribution in [0.3, 0.4) is 0 Å². The topological polar surface area (TPSA) is 90.5 Å². The van der Waals surface area contributed by atoms with Crippen LogP contribution < -0.4 is 15.6 Å². The second kappa shape index (κ2) is 6.62. The second-order valence-corrected chi connectivity index (χ2v) is 6.30. The highest BCUT2D eigenvalue weighted by molar-refractivity contribution is 5.90. The molecule has 0 atom stereocenters. The molecule has 0 unspecified atom stereocenters. The monoisotopic (exact) mass is 353 g/mol. The van der Waals surface area contributed by atoms with E-state index in [0.29, 0.717) is 17.0 Å². The Morgan fingerprint density at radius 2 is 2.00 bits per heavy atom. The Bertz CT molecular complexity index is 1020. The second-order valence-electron chi connectivity index (χ2n) is 6.30. The molecular formula is C18H19N5O3. The van der Waals surface area contributed by atoms with Crippen LogP contribution in [0.4, 0.5) is 5.69 Å². The molecule has 0 saturated carbocycles. The number of amides is 1. The molecule has 2 heterocycles. The summed E-state index contributed by atoms with van der Waals surface area (Å²) in [4.78, 5) is 25.1. The number of rotatable bonds is 4. The van der Waals surface area contributed by atoms with Crippen molar-refractivity contribution in [2.75, 3.05) is 12.4 Å². The number of hydrogen-bond donors (Lipinski definition) is 1. The van der Waals surface area contributed by atoms with Gasteiger partial charge in [-0.1, -0.05) is 0 Å². The minimum Gasteiger partial charge on any atom is -0.497 e. The van der Waals surface area contributed by atoms with Crippen molar-refractivity contribution in [3.63, 3.8) is 0 Å². The molecule has 0 fully saturated rings. The third kappa shape index (κ3) is 2.94. The Hall–Kier alpha value is -3.16. The van der Waals surface area contributed by atoms with E-state index in [4.69, 9.17) is 4.74 Å². The largest absolute Gasteiger partial charge is 0.497 e. The first-order valence-electron chi connectivity index (χ1n) is 8.56. The number of aryl methyl sites for hydroxylation is 2. The van der Waals surface area contributed by atoms with E-state index in [0.717, 1.165) is 36.9 Å². The van der Waals surface area contributed by atoms with Crippen LogP contribution >= 0.6 is 0 Å². The van der Waals surface area contributed by atoms with E-state index in [1.807, 2.05) is 0 Å². The number of nitrogens with one attached hydrogen (secondary N) is 1. The molecule has 3 aromatic rings. The first-order valence-corrected chi connectivity index (χ1v) is 8.56. The van der Waals surface area contributed by atoms with Gasteiger partial charge < -0.3 is 10.1 Å². The lowest BCUT2D eigenvalue weighted by atomic mass is 9.97. The lowest BCUT2D eigenvalue weighted by Crippen LogP contribution is -2.31. The van der Waals surface area contributed by atoms with Crippen molar-refractivity contribution in [2.45, 2.75) is 32.2 Å². The van der Waals surface area contributed by atoms with Gasteiger partial charge in [0.2, 0.25) is 5.91 Å². The van der Waals surface area contributed by atoms with Crippen LogP contribution in [0.5, 0.6) is 5.75 Å². The lowest BCUT2D eigenvalue weighted by molar-refractivity contribution is -0.117. The van der Waals surface area contributed by atoms with E-state index in [1.165, 1.54) is 15.5 Å². The number of carbonyl (C=O) groups is 1. The van der Waals surface area contributed by atoms with Crippen LogP contribution in [0.25, 0.3) is 5.52 Å². The molecule has 8 heteroatoms. The van der Waals surface area contributed by atoms with Gasteiger partial charge in [-0.2, -0.15) is 10.2 Å². The van der Waals surface area contributed by atoms with Gasteiger partial charge >= 0.3 is 0 Å². The molecule has 1 aliphatic carbocycles. The summed E-state index contributed by atoms with van der Waals surface area (Å²) in [6.07, 6.45) is 5.36. The molecule has 0 radical (unpaired) electrons. The lowest BCUT2D eigenvalue weighted by Gasteiger charge is -2.09. The number of anilines is 1. The van der Waals surface area contributed by atoms with Gasteiger partial charge in [0.15, 0.2) is 0 Å². The predicted molar refractivity (Wildman–Crippen MR) is 95.5 cm³/mol. The molecular weight excluding hydrogens is 334 g/mol. The summed E-state index contributed by atoms with van der Waals surface area (Å²) in [5, 5.41) is 11.3. The first kappa shape index (κ1) is 16.3. The van der Waals surface area contributed by atoms with Crippen LogP contribution in [-0.2, 0) is 24.2 Å². The van der Waals surface area contributed by atoms with E-state index >= 15 is 0 Å². The number of nitrogens with zero attached hydrogens (tertiary/aromatic N) is 4. The van der Waals surface area contributed by atoms with E-state index in [2.05, 4.69) is 15.5 Å². The van der Waals surface area contributed by atoms with Crippen LogP contribution in [0, 0.1) is 0 Å². The SMILES string of the molecule is COc1ccc(NC(=O)Cn2ncn3nc4c(c3c2=O)CCCC4)cc1. The number of fused-ring (bicyclic) bond motifs is 3. The maximum atomic E-state index is 12.8. The normalized spacial score (nSPS) is 13.4. The number of benzene rings is 1. The van der Waals surface area contributed by atoms with Crippen LogP contribution in [0.15, 0.2) is 35.4 Å². The van der Waals surface area contributed by atoms with Crippen molar-refractivity contribution in [1.29, 1.82) is 0 Å². The number of aromatic nitrogens is 4. The zero-order chi connectivity index (χ0) is 18.1. The molecule has 134 valence electrons. The molecule has 4 rings (SSSR count). The van der Waals surface area contributed by atoms with Gasteiger partial charge in [0.1, 0.15) is 24.1 Å². The van der Waals surface area contributed by atoms with E-state index in [9.17, 15) is 9.59 Å². The quantitative estimate of drug-likeness (QED) is 0.766. The molecule has 1 amide bonds. The maximum Gasteiger partial charge on any atom is 0.293 e. The van der Waals surface area contributed by atoms with Gasteiger partial charge in [-0.25, -0.2) is 9.20 Å². The summed E-state index contributed by atoms with van der Waals surface area (Å²) in [6.45, 7) is -0.151. The van der Waals surface area contributed by atoms with Gasteiger partial charge in [0.25, 0.3) is 5.56 Å². The van der Waals surface area contributed by atoms with Gasteiger partial charge in [-0.15, -0.1) is 0 Å². The zero-order valence-electron chi connectivity index (χ0n) is 14.4. The Morgan fingerprint density at radius 1 is 1.23 bits per heavy atom. The highest BCUT2D eigenvalue weighted by atomic mass is 16.5. The van der Waals surface area contributed by atoms with Gasteiger partial charge in [0, 0.05) is 11.3 Å². The minimum atomic E-state index is -0.317. The average molecular weight is 353 g/mol. The average Bonchev–Trinajstić information content (AvgIpc) is 3.04. The third-order valence-electron chi connectivity index (χ3n) is 4.59. The molecule has 2 aromatic heterocycles. The number of ether oxygens (including phenoxy) is 1. The summed E-state index contributed by atoms with van der Waals surface area (Å²) in [5.41, 5.74) is 2.84. The molecule has 0 spiro atoms. The van der Waals surface area contributed by atoms with E-state index in [-0.39, 0.29) is 18.0 Å². The number of carbonyl (C=O) groups excluding carboxylic acids is 1. The number of hydrogen-bond acceptors (Lipinski definition) is 5. The summed E-state index contributed by atoms with van der Waals surface area (Å²) < 4.78 is 7.81. The van der Waals surface area contributed by atoms with Crippen LogP contribution in [0.2, 0.25) is 0 Å². The molecule has 1 N–H and O–H groups in total. The molecule has 1 aliphatic rings. The Balaban J connectivity index is 1.57. The Labute approximate surface area is 149 Å². The van der Waals surface area contributed by atoms with Gasteiger partial charge in [0.05, 0.1) is 12.8 Å². The number of methoxy groups -OCH3 is 1. The molecule has 8 nitrogen and oxygen atoms in total. The van der Waals surface area contributed by atoms with Crippen molar-refractivity contribution >= 4 is 17.1 Å². The van der Waals surface area contributed by atoms with Crippen molar-refractivity contribution in [2.24, 2.45) is 0 Å². The predicted octanol–water partition coefficient (Wildman–Crippen LogP) is 1.42. The summed E-state index contributed by atoms with van der Waals surface area (Å²) in [7, 11) is 1.58. The van der Waals surface area contributed by atoms with Gasteiger partial charge in [-0.05, 0) is 49.9 Å². The van der Waals surface area contributed by atoms with Crippen molar-refractivity contribution in [3.05, 3.63) is 52.2 Å². The molecule has 1 aromatic carbocycles. The summed E-state index contributed by atoms with van der Waals surface area (Å²) >= 11 is 0. The van der Waals surface area contributed by atoms with Crippen LogP contribution in [-0.4, -0.2) is 32.4 Å². The Morgan fingerprint density at radius 3 is 2.77 bits per heavy atom. The molecule has 0 aliphatic heterocycles. The minimum absolute atomic E-state index is 0.151. The fourth-order valence-corrected chi connectivity index (χ4v) is 3.29. The fourth-order valence-electron chi connectivity index (χ4n) is 3.29. The highest BCUT2D eigenvalue weighted by Crippen LogP contribution is 2.22. The zero-order valence-corrected chi connectivity index (χ0v) is 14.4. The molecule has 26 heavy (non-hydrogen) atoms. The third-order valence-corrected chi connectivity index (χ3v) is 4.59. The highest BCUT2D eigenvalue weighted by Gasteiger charge is 2.20. The molecule has 0 bridgehead atoms. The standard InChI is InChI=1S/C18H19N5O3/c1-26-13-8-6-12(7-9-13)20-16(24)10-22-18(25)17-14-4-2-3-5-15(14)21-23(17)11-19-22/h6-9,11H,2-5,10H2,1H3,(H,20,24). The van der Waals surface area contributed by atoms with Crippen molar-refractivity contribution in [1.82, 2.24) is 19.4 Å². The summed E-state index contributed by atoms with van der Waals surface area (Å²) in [5.74, 6) is 0.388.